The second kappa shape index (κ2) is 9.17. The van der Waals surface area contributed by atoms with Crippen LogP contribution in [0.5, 0.6) is 11.5 Å². The molecule has 1 fully saturated rings. The van der Waals surface area contributed by atoms with Gasteiger partial charge in [-0.3, -0.25) is 20.0 Å². The predicted molar refractivity (Wildman–Crippen MR) is 124 cm³/mol. The molecular weight excluding hydrogens is 509 g/mol. The fourth-order valence-electron chi connectivity index (χ4n) is 3.08. The highest BCUT2D eigenvalue weighted by atomic mass is 127. The van der Waals surface area contributed by atoms with Crippen molar-refractivity contribution in [2.45, 2.75) is 6.61 Å². The lowest BCUT2D eigenvalue weighted by atomic mass is 10.1. The molecule has 0 spiro atoms. The number of halogens is 1. The highest BCUT2D eigenvalue weighted by molar-refractivity contribution is 14.1. The Hall–Kier alpha value is -3.40. The molecule has 7 nitrogen and oxygen atoms in total. The molecule has 1 aromatic heterocycles. The lowest BCUT2D eigenvalue weighted by molar-refractivity contribution is -0.117. The molecule has 4 rings (SSSR count). The molecule has 2 amide bonds. The molecule has 1 N–H and O–H groups in total. The van der Waals surface area contributed by atoms with E-state index in [2.05, 4.69) is 33.0 Å². The Bertz CT molecular complexity index is 1150. The largest absolute Gasteiger partial charge is 0.493 e. The van der Waals surface area contributed by atoms with E-state index in [0.29, 0.717) is 29.4 Å². The number of anilines is 1. The Labute approximate surface area is 192 Å². The van der Waals surface area contributed by atoms with Crippen LogP contribution < -0.4 is 19.9 Å². The van der Waals surface area contributed by atoms with Gasteiger partial charge in [-0.05, 0) is 70.6 Å². The van der Waals surface area contributed by atoms with Crippen LogP contribution in [0.1, 0.15) is 11.3 Å². The molecule has 0 bridgehead atoms. The van der Waals surface area contributed by atoms with Crippen molar-refractivity contribution in [1.29, 1.82) is 0 Å². The van der Waals surface area contributed by atoms with Crippen molar-refractivity contribution in [3.63, 3.8) is 0 Å². The Morgan fingerprint density at radius 2 is 1.87 bits per heavy atom. The maximum Gasteiger partial charge on any atom is 0.282 e. The maximum atomic E-state index is 12.8. The van der Waals surface area contributed by atoms with Crippen molar-refractivity contribution in [2.24, 2.45) is 0 Å². The third kappa shape index (κ3) is 4.53. The topological polar surface area (TPSA) is 80.8 Å². The number of pyridine rings is 1. The molecule has 156 valence electrons. The summed E-state index contributed by atoms with van der Waals surface area (Å²) in [6.07, 6.45) is 3.26. The van der Waals surface area contributed by atoms with Gasteiger partial charge in [-0.25, -0.2) is 5.01 Å². The smallest absolute Gasteiger partial charge is 0.282 e. The zero-order chi connectivity index (χ0) is 21.8. The molecule has 2 heterocycles. The fraction of sp³-hybridized carbons (Fsp3) is 0.0870. The number of methoxy groups -OCH3 is 1. The lowest BCUT2D eigenvalue weighted by Crippen LogP contribution is -2.35. The van der Waals surface area contributed by atoms with Gasteiger partial charge in [0.05, 0.1) is 22.1 Å². The van der Waals surface area contributed by atoms with Gasteiger partial charge >= 0.3 is 0 Å². The first-order valence-corrected chi connectivity index (χ1v) is 10.5. The van der Waals surface area contributed by atoms with Crippen LogP contribution in [0.4, 0.5) is 5.69 Å². The van der Waals surface area contributed by atoms with Crippen molar-refractivity contribution in [3.8, 4) is 11.5 Å². The molecule has 0 aliphatic carbocycles. The number of rotatable bonds is 6. The average molecular weight is 527 g/mol. The van der Waals surface area contributed by atoms with Crippen LogP contribution in [-0.4, -0.2) is 23.9 Å². The van der Waals surface area contributed by atoms with E-state index in [0.717, 1.165) is 9.26 Å². The lowest BCUT2D eigenvalue weighted by Gasteiger charge is -2.14. The molecule has 8 heteroatoms. The summed E-state index contributed by atoms with van der Waals surface area (Å²) in [6, 6.07) is 18.1. The number of nitrogens with zero attached hydrogens (tertiary/aromatic N) is 2. The minimum Gasteiger partial charge on any atom is -0.493 e. The van der Waals surface area contributed by atoms with Gasteiger partial charge in [-0.1, -0.05) is 24.3 Å². The van der Waals surface area contributed by atoms with Crippen LogP contribution in [0.15, 0.2) is 72.4 Å². The second-order valence-electron chi connectivity index (χ2n) is 6.62. The molecule has 31 heavy (non-hydrogen) atoms. The molecule has 1 aliphatic heterocycles. The number of carbonyl (C=O) groups is 2. The van der Waals surface area contributed by atoms with Gasteiger partial charge in [0, 0.05) is 6.20 Å². The van der Waals surface area contributed by atoms with E-state index >= 15 is 0 Å². The van der Waals surface area contributed by atoms with Crippen molar-refractivity contribution < 1.29 is 19.1 Å². The highest BCUT2D eigenvalue weighted by Crippen LogP contribution is 2.35. The minimum absolute atomic E-state index is 0.0452. The van der Waals surface area contributed by atoms with Crippen LogP contribution in [0, 0.1) is 3.57 Å². The third-order valence-corrected chi connectivity index (χ3v) is 5.36. The van der Waals surface area contributed by atoms with E-state index in [1.54, 1.807) is 49.7 Å². The number of carbonyl (C=O) groups excluding carboxylic acids is 2. The number of hydrogen-bond donors (Lipinski definition) is 1. The number of amides is 2. The molecule has 0 saturated carbocycles. The Morgan fingerprint density at radius 1 is 1.10 bits per heavy atom. The second-order valence-corrected chi connectivity index (χ2v) is 7.78. The van der Waals surface area contributed by atoms with E-state index in [1.807, 2.05) is 30.3 Å². The molecule has 3 aromatic rings. The van der Waals surface area contributed by atoms with Crippen molar-refractivity contribution in [1.82, 2.24) is 10.4 Å². The van der Waals surface area contributed by atoms with Gasteiger partial charge in [0.25, 0.3) is 11.8 Å². The Morgan fingerprint density at radius 3 is 2.58 bits per heavy atom. The summed E-state index contributed by atoms with van der Waals surface area (Å²) < 4.78 is 12.2. The molecule has 1 saturated heterocycles. The number of aromatic nitrogens is 1. The van der Waals surface area contributed by atoms with E-state index in [4.69, 9.17) is 9.47 Å². The van der Waals surface area contributed by atoms with E-state index < -0.39 is 11.8 Å². The van der Waals surface area contributed by atoms with Gasteiger partial charge in [0.1, 0.15) is 12.2 Å². The number of para-hydroxylation sites is 1. The number of nitrogens with one attached hydrogen (secondary N) is 1. The number of benzene rings is 2. The van der Waals surface area contributed by atoms with Crippen molar-refractivity contribution in [2.75, 3.05) is 12.1 Å². The van der Waals surface area contributed by atoms with Gasteiger partial charge < -0.3 is 9.47 Å². The van der Waals surface area contributed by atoms with Gasteiger partial charge in [0.2, 0.25) is 0 Å². The molecule has 0 radical (unpaired) electrons. The molecule has 2 aromatic carbocycles. The summed E-state index contributed by atoms with van der Waals surface area (Å²) >= 11 is 2.14. The highest BCUT2D eigenvalue weighted by Gasteiger charge is 2.34. The van der Waals surface area contributed by atoms with Crippen LogP contribution in [0.3, 0.4) is 0 Å². The average Bonchev–Trinajstić information content (AvgIpc) is 3.07. The van der Waals surface area contributed by atoms with Crippen molar-refractivity contribution in [3.05, 3.63) is 87.3 Å². The van der Waals surface area contributed by atoms with Crippen LogP contribution in [0.25, 0.3) is 6.08 Å². The monoisotopic (exact) mass is 527 g/mol. The first-order valence-electron chi connectivity index (χ1n) is 9.39. The van der Waals surface area contributed by atoms with Crippen LogP contribution in [0.2, 0.25) is 0 Å². The van der Waals surface area contributed by atoms with Gasteiger partial charge in [-0.2, -0.15) is 0 Å². The first-order chi connectivity index (χ1) is 15.1. The molecule has 1 aliphatic rings. The summed E-state index contributed by atoms with van der Waals surface area (Å²) in [6.45, 7) is 0.292. The number of hydrazine groups is 1. The summed E-state index contributed by atoms with van der Waals surface area (Å²) in [7, 11) is 1.54. The zero-order valence-corrected chi connectivity index (χ0v) is 18.7. The fourth-order valence-corrected chi connectivity index (χ4v) is 3.86. The normalized spacial score (nSPS) is 14.6. The van der Waals surface area contributed by atoms with Crippen LogP contribution in [-0.2, 0) is 16.2 Å². The summed E-state index contributed by atoms with van der Waals surface area (Å²) in [5.74, 6) is 0.198. The van der Waals surface area contributed by atoms with Crippen LogP contribution >= 0.6 is 22.6 Å². The van der Waals surface area contributed by atoms with E-state index in [9.17, 15) is 9.59 Å². The predicted octanol–water partition coefficient (Wildman–Crippen LogP) is 3.74. The zero-order valence-electron chi connectivity index (χ0n) is 16.5. The van der Waals surface area contributed by atoms with E-state index in [-0.39, 0.29) is 5.57 Å². The maximum absolute atomic E-state index is 12.8. The van der Waals surface area contributed by atoms with Gasteiger partial charge in [0.15, 0.2) is 11.5 Å². The molecule has 0 atom stereocenters. The molecule has 0 unspecified atom stereocenters. The Balaban J connectivity index is 1.60. The quantitative estimate of drug-likeness (QED) is 0.300. The number of hydrogen-bond acceptors (Lipinski definition) is 5. The standard InChI is InChI=1S/C23H18IN3O4/c1-30-20-13-15(12-19(24)21(20)31-14-16-7-5-6-10-25-16)11-18-22(28)26-27(23(18)29)17-8-3-2-4-9-17/h2-13H,14H2,1H3,(H,26,28)/b18-11+. The first kappa shape index (κ1) is 20.9. The number of ether oxygens (including phenoxy) is 2. The van der Waals surface area contributed by atoms with Crippen molar-refractivity contribution >= 4 is 46.2 Å². The van der Waals surface area contributed by atoms with E-state index in [1.165, 1.54) is 5.01 Å². The summed E-state index contributed by atoms with van der Waals surface area (Å²) in [5, 5.41) is 1.24. The SMILES string of the molecule is COc1cc(/C=C2\C(=O)NN(c3ccccc3)C2=O)cc(I)c1OCc1ccccn1. The summed E-state index contributed by atoms with van der Waals surface area (Å²) in [4.78, 5) is 29.5. The van der Waals surface area contributed by atoms with Gasteiger partial charge in [-0.15, -0.1) is 0 Å². The third-order valence-electron chi connectivity index (χ3n) is 4.56. The molecular formula is C23H18IN3O4. The summed E-state index contributed by atoms with van der Waals surface area (Å²) in [5.41, 5.74) is 4.68. The Kier molecular flexibility index (Phi) is 6.17. The minimum atomic E-state index is -0.460.